The molecule has 0 saturated heterocycles. The normalized spacial score (nSPS) is 8.29. The largest absolute Gasteiger partial charge is 0.288 e. The molecule has 2 rings (SSSR count). The lowest BCUT2D eigenvalue weighted by Crippen LogP contribution is -1.98. The minimum Gasteiger partial charge on any atom is -0.266 e. The van der Waals surface area contributed by atoms with E-state index in [-0.39, 0.29) is 5.56 Å². The first-order valence-electron chi connectivity index (χ1n) is 3.87. The van der Waals surface area contributed by atoms with Gasteiger partial charge < -0.3 is 0 Å². The van der Waals surface area contributed by atoms with Crippen molar-refractivity contribution in [1.29, 1.82) is 0 Å². The van der Waals surface area contributed by atoms with Crippen molar-refractivity contribution < 1.29 is 0 Å². The molecule has 2 aromatic heterocycles. The smallest absolute Gasteiger partial charge is 0.266 e. The molecule has 0 unspecified atom stereocenters. The van der Waals surface area contributed by atoms with Gasteiger partial charge in [0.05, 0.1) is 0 Å². The first-order valence-corrected chi connectivity index (χ1v) is 3.87. The van der Waals surface area contributed by atoms with Gasteiger partial charge in [0.25, 0.3) is 5.56 Å². The van der Waals surface area contributed by atoms with Crippen molar-refractivity contribution in [2.24, 2.45) is 0 Å². The van der Waals surface area contributed by atoms with Gasteiger partial charge in [-0.25, -0.2) is 9.97 Å². The van der Waals surface area contributed by atoms with Gasteiger partial charge in [0.2, 0.25) is 0 Å². The standard InChI is InChI=1S/C5H4N2O.C4H4N2/c8-5-3-1-2-4-6-7-5;1-2-5-4-6-3-1/h1-4H;1-4H. The van der Waals surface area contributed by atoms with E-state index in [0.717, 1.165) is 0 Å². The summed E-state index contributed by atoms with van der Waals surface area (Å²) in [4.78, 5) is 17.6. The van der Waals surface area contributed by atoms with Crippen LogP contribution in [-0.2, 0) is 0 Å². The fourth-order valence-corrected chi connectivity index (χ4v) is 0.603. The van der Waals surface area contributed by atoms with Crippen molar-refractivity contribution in [1.82, 2.24) is 20.2 Å². The molecule has 14 heavy (non-hydrogen) atoms. The van der Waals surface area contributed by atoms with E-state index in [4.69, 9.17) is 0 Å². The molecule has 0 atom stereocenters. The zero-order chi connectivity index (χ0) is 10.1. The Morgan fingerprint density at radius 3 is 2.29 bits per heavy atom. The molecule has 0 spiro atoms. The van der Waals surface area contributed by atoms with Gasteiger partial charge in [-0.05, 0) is 12.1 Å². The van der Waals surface area contributed by atoms with Crippen LogP contribution in [0.3, 0.4) is 0 Å². The zero-order valence-corrected chi connectivity index (χ0v) is 7.32. The predicted molar refractivity (Wildman–Crippen MR) is 50.3 cm³/mol. The van der Waals surface area contributed by atoms with Gasteiger partial charge in [0.1, 0.15) is 6.33 Å². The van der Waals surface area contributed by atoms with Crippen LogP contribution >= 0.6 is 0 Å². The summed E-state index contributed by atoms with van der Waals surface area (Å²) in [7, 11) is 0. The molecule has 0 N–H and O–H groups in total. The average molecular weight is 188 g/mol. The Labute approximate surface area is 80.5 Å². The molecule has 2 aromatic rings. The lowest BCUT2D eigenvalue weighted by Gasteiger charge is -1.70. The van der Waals surface area contributed by atoms with Gasteiger partial charge in [-0.15, -0.1) is 5.10 Å². The van der Waals surface area contributed by atoms with E-state index < -0.39 is 0 Å². The Kier molecular flexibility index (Phi) is 4.50. The van der Waals surface area contributed by atoms with Crippen molar-refractivity contribution in [3.05, 3.63) is 59.5 Å². The summed E-state index contributed by atoms with van der Waals surface area (Å²) in [6, 6.07) is 6.38. The molecule has 0 amide bonds. The molecule has 0 aromatic carbocycles. The monoisotopic (exact) mass is 188 g/mol. The molecular weight excluding hydrogens is 180 g/mol. The van der Waals surface area contributed by atoms with E-state index in [1.165, 1.54) is 18.6 Å². The van der Waals surface area contributed by atoms with Gasteiger partial charge in [-0.2, -0.15) is 5.10 Å². The van der Waals surface area contributed by atoms with Crippen LogP contribution in [0.15, 0.2) is 54.0 Å². The third kappa shape index (κ3) is 4.66. The van der Waals surface area contributed by atoms with Crippen LogP contribution in [0, 0.1) is 0 Å². The van der Waals surface area contributed by atoms with Gasteiger partial charge in [-0.3, -0.25) is 4.79 Å². The van der Waals surface area contributed by atoms with E-state index >= 15 is 0 Å². The lowest BCUT2D eigenvalue weighted by atomic mass is 10.6. The molecule has 5 nitrogen and oxygen atoms in total. The highest BCUT2D eigenvalue weighted by molar-refractivity contribution is 4.85. The maximum atomic E-state index is 10.3. The third-order valence-corrected chi connectivity index (χ3v) is 1.14. The molecule has 0 radical (unpaired) electrons. The van der Waals surface area contributed by atoms with Gasteiger partial charge >= 0.3 is 0 Å². The van der Waals surface area contributed by atoms with Gasteiger partial charge in [-0.1, -0.05) is 6.07 Å². The minimum absolute atomic E-state index is 0.310. The molecule has 70 valence electrons. The zero-order valence-electron chi connectivity index (χ0n) is 7.32. The van der Waals surface area contributed by atoms with E-state index in [1.807, 2.05) is 0 Å². The molecule has 5 heteroatoms. The molecule has 0 saturated carbocycles. The number of aromatic nitrogens is 4. The summed E-state index contributed by atoms with van der Waals surface area (Å²) in [5.41, 5.74) is -0.310. The van der Waals surface area contributed by atoms with Crippen molar-refractivity contribution in [3.8, 4) is 0 Å². The van der Waals surface area contributed by atoms with E-state index in [9.17, 15) is 4.79 Å². The summed E-state index contributed by atoms with van der Waals surface area (Å²) in [6.07, 6.45) is 6.33. The second-order valence-corrected chi connectivity index (χ2v) is 2.16. The maximum absolute atomic E-state index is 10.3. The van der Waals surface area contributed by atoms with Crippen LogP contribution < -0.4 is 5.56 Å². The summed E-state index contributed by atoms with van der Waals surface area (Å²) < 4.78 is 0. The fraction of sp³-hybridized carbons (Fsp3) is 0. The Balaban J connectivity index is 0.000000146. The van der Waals surface area contributed by atoms with Gasteiger partial charge in [0, 0.05) is 24.7 Å². The molecule has 0 aliphatic rings. The molecule has 0 fully saturated rings. The number of hydrogen-bond donors (Lipinski definition) is 0. The fourth-order valence-electron chi connectivity index (χ4n) is 0.603. The highest BCUT2D eigenvalue weighted by Gasteiger charge is 1.72. The van der Waals surface area contributed by atoms with Crippen molar-refractivity contribution in [2.75, 3.05) is 0 Å². The van der Waals surface area contributed by atoms with Crippen molar-refractivity contribution in [3.63, 3.8) is 0 Å². The van der Waals surface area contributed by atoms with E-state index in [0.29, 0.717) is 0 Å². The van der Waals surface area contributed by atoms with Crippen LogP contribution in [0.25, 0.3) is 0 Å². The van der Waals surface area contributed by atoms with Crippen molar-refractivity contribution in [2.45, 2.75) is 0 Å². The summed E-state index contributed by atoms with van der Waals surface area (Å²) in [5, 5.41) is 6.62. The minimum atomic E-state index is -0.310. The SMILES string of the molecule is O=c1ccccnn1.c1cncnc1. The summed E-state index contributed by atoms with van der Waals surface area (Å²) in [6.45, 7) is 0. The first kappa shape index (κ1) is 9.91. The second kappa shape index (κ2) is 6.36. The quantitative estimate of drug-likeness (QED) is 0.595. The number of nitrogens with zero attached hydrogens (tertiary/aromatic N) is 4. The topological polar surface area (TPSA) is 68.6 Å². The summed E-state index contributed by atoms with van der Waals surface area (Å²) >= 11 is 0. The summed E-state index contributed by atoms with van der Waals surface area (Å²) in [5.74, 6) is 0. The van der Waals surface area contributed by atoms with Crippen LogP contribution in [0.5, 0.6) is 0 Å². The van der Waals surface area contributed by atoms with Crippen LogP contribution in [0.1, 0.15) is 0 Å². The Hall–Kier alpha value is -2.17. The molecule has 2 heterocycles. The van der Waals surface area contributed by atoms with Crippen LogP contribution in [0.2, 0.25) is 0 Å². The predicted octanol–water partition coefficient (Wildman–Crippen LogP) is 0.313. The molecular formula is C9H8N4O. The average Bonchev–Trinajstić information content (AvgIpc) is 2.49. The Morgan fingerprint density at radius 1 is 0.929 bits per heavy atom. The van der Waals surface area contributed by atoms with Gasteiger partial charge in [0.15, 0.2) is 0 Å². The highest BCUT2D eigenvalue weighted by Crippen LogP contribution is 1.66. The molecule has 0 bridgehead atoms. The number of rotatable bonds is 0. The van der Waals surface area contributed by atoms with Crippen molar-refractivity contribution >= 4 is 0 Å². The Bertz CT molecular complexity index is 358. The van der Waals surface area contributed by atoms with E-state index in [1.54, 1.807) is 30.6 Å². The van der Waals surface area contributed by atoms with E-state index in [2.05, 4.69) is 20.2 Å². The third-order valence-electron chi connectivity index (χ3n) is 1.14. The molecule has 0 aliphatic heterocycles. The highest BCUT2D eigenvalue weighted by atomic mass is 16.1. The maximum Gasteiger partial charge on any atom is 0.288 e. The lowest BCUT2D eigenvalue weighted by molar-refractivity contribution is 1.01. The number of hydrogen-bond acceptors (Lipinski definition) is 5. The Morgan fingerprint density at radius 2 is 1.71 bits per heavy atom. The molecule has 0 aliphatic carbocycles. The van der Waals surface area contributed by atoms with Crippen LogP contribution in [0.4, 0.5) is 0 Å². The first-order chi connectivity index (χ1) is 6.89. The van der Waals surface area contributed by atoms with Crippen LogP contribution in [-0.4, -0.2) is 20.2 Å². The second-order valence-electron chi connectivity index (χ2n) is 2.16.